The molecule has 0 radical (unpaired) electrons. The van der Waals surface area contributed by atoms with Gasteiger partial charge in [-0.3, -0.25) is 5.32 Å². The maximum atomic E-state index is 12.9. The molecule has 0 saturated heterocycles. The van der Waals surface area contributed by atoms with Crippen LogP contribution in [0.15, 0.2) is 18.2 Å². The maximum Gasteiger partial charge on any atom is 0.513 e. The van der Waals surface area contributed by atoms with E-state index in [0.717, 1.165) is 64.2 Å². The van der Waals surface area contributed by atoms with Crippen LogP contribution in [0.5, 0.6) is 5.75 Å². The Morgan fingerprint density at radius 3 is 1.91 bits per heavy atom. The highest BCUT2D eigenvalue weighted by molar-refractivity contribution is 6.02. The first-order valence-corrected chi connectivity index (χ1v) is 13.1. The number of unbranched alkanes of at least 4 members (excludes halogenated alkanes) is 9. The minimum atomic E-state index is -0.912. The summed E-state index contributed by atoms with van der Waals surface area (Å²) in [4.78, 5) is 37.4. The predicted octanol–water partition coefficient (Wildman–Crippen LogP) is 7.65. The van der Waals surface area contributed by atoms with Gasteiger partial charge in [0.05, 0.1) is 25.5 Å². The molecule has 0 aromatic heterocycles. The van der Waals surface area contributed by atoms with E-state index in [2.05, 4.69) is 26.1 Å². The first-order chi connectivity index (χ1) is 17.0. The van der Waals surface area contributed by atoms with E-state index >= 15 is 0 Å². The molecular formula is C27H43NO7. The van der Waals surface area contributed by atoms with E-state index in [1.165, 1.54) is 25.0 Å². The van der Waals surface area contributed by atoms with Gasteiger partial charge in [-0.15, -0.1) is 0 Å². The molecule has 1 aromatic rings. The average molecular weight is 494 g/mol. The molecule has 1 N–H and O–H groups in total. The van der Waals surface area contributed by atoms with Gasteiger partial charge in [0.2, 0.25) is 0 Å². The molecule has 0 aliphatic rings. The number of ether oxygens (including phenoxy) is 4. The summed E-state index contributed by atoms with van der Waals surface area (Å²) >= 11 is 0. The minimum absolute atomic E-state index is 0.0396. The Bertz CT molecular complexity index is 707. The Labute approximate surface area is 210 Å². The summed E-state index contributed by atoms with van der Waals surface area (Å²) in [6, 6.07) is 4.57. The molecule has 35 heavy (non-hydrogen) atoms. The summed E-state index contributed by atoms with van der Waals surface area (Å²) in [6.45, 7) is 7.01. The van der Waals surface area contributed by atoms with Crippen LogP contribution < -0.4 is 10.1 Å². The second-order valence-corrected chi connectivity index (χ2v) is 8.46. The zero-order chi connectivity index (χ0) is 25.7. The lowest BCUT2D eigenvalue weighted by molar-refractivity contribution is 0.0493. The van der Waals surface area contributed by atoms with Gasteiger partial charge in [-0.2, -0.15) is 0 Å². The SMILES string of the molecule is CCCCCCCCOC(=O)c1c(NC(=O)OCCCCC)cccc1OC(=O)OCCCCC. The van der Waals surface area contributed by atoms with Gasteiger partial charge in [-0.05, 0) is 31.4 Å². The molecule has 1 amide bonds. The Morgan fingerprint density at radius 1 is 0.686 bits per heavy atom. The van der Waals surface area contributed by atoms with Crippen molar-refractivity contribution in [2.24, 2.45) is 0 Å². The van der Waals surface area contributed by atoms with Crippen molar-refractivity contribution >= 4 is 23.9 Å². The lowest BCUT2D eigenvalue weighted by Gasteiger charge is -2.15. The number of hydrogen-bond donors (Lipinski definition) is 1. The van der Waals surface area contributed by atoms with Crippen molar-refractivity contribution < 1.29 is 33.3 Å². The van der Waals surface area contributed by atoms with Crippen molar-refractivity contribution in [1.82, 2.24) is 0 Å². The molecule has 0 fully saturated rings. The number of nitrogens with one attached hydrogen (secondary N) is 1. The van der Waals surface area contributed by atoms with E-state index in [0.29, 0.717) is 0 Å². The second kappa shape index (κ2) is 19.5. The third kappa shape index (κ3) is 13.6. The Kier molecular flexibility index (Phi) is 16.9. The van der Waals surface area contributed by atoms with Crippen molar-refractivity contribution in [3.05, 3.63) is 23.8 Å². The minimum Gasteiger partial charge on any atom is -0.462 e. The Hall–Kier alpha value is -2.77. The summed E-state index contributed by atoms with van der Waals surface area (Å²) in [6.07, 6.45) is 10.1. The van der Waals surface area contributed by atoms with Crippen LogP contribution in [0.25, 0.3) is 0 Å². The third-order valence-electron chi connectivity index (χ3n) is 5.34. The van der Waals surface area contributed by atoms with Gasteiger partial charge in [0, 0.05) is 0 Å². The molecule has 0 bridgehead atoms. The first-order valence-electron chi connectivity index (χ1n) is 13.1. The molecule has 0 saturated carbocycles. The van der Waals surface area contributed by atoms with E-state index in [-0.39, 0.29) is 36.8 Å². The van der Waals surface area contributed by atoms with Crippen molar-refractivity contribution in [3.8, 4) is 5.75 Å². The van der Waals surface area contributed by atoms with Gasteiger partial charge in [0.1, 0.15) is 5.56 Å². The number of amides is 1. The zero-order valence-electron chi connectivity index (χ0n) is 21.7. The highest BCUT2D eigenvalue weighted by Gasteiger charge is 2.23. The van der Waals surface area contributed by atoms with Gasteiger partial charge >= 0.3 is 18.2 Å². The maximum absolute atomic E-state index is 12.9. The molecule has 0 spiro atoms. The van der Waals surface area contributed by atoms with Crippen LogP contribution in [0, 0.1) is 0 Å². The second-order valence-electron chi connectivity index (χ2n) is 8.46. The number of carbonyl (C=O) groups excluding carboxylic acids is 3. The Balaban J connectivity index is 2.84. The lowest BCUT2D eigenvalue weighted by Crippen LogP contribution is -2.20. The van der Waals surface area contributed by atoms with E-state index in [1.807, 2.05) is 0 Å². The molecule has 1 rings (SSSR count). The zero-order valence-corrected chi connectivity index (χ0v) is 21.7. The van der Waals surface area contributed by atoms with Crippen LogP contribution in [0.1, 0.15) is 108 Å². The van der Waals surface area contributed by atoms with Crippen molar-refractivity contribution in [3.63, 3.8) is 0 Å². The number of anilines is 1. The summed E-state index contributed by atoms with van der Waals surface area (Å²) in [7, 11) is 0. The van der Waals surface area contributed by atoms with Crippen LogP contribution in [-0.4, -0.2) is 38.0 Å². The van der Waals surface area contributed by atoms with Crippen LogP contribution in [0.2, 0.25) is 0 Å². The molecular weight excluding hydrogens is 450 g/mol. The molecule has 0 atom stereocenters. The fraction of sp³-hybridized carbons (Fsp3) is 0.667. The molecule has 0 heterocycles. The third-order valence-corrected chi connectivity index (χ3v) is 5.34. The van der Waals surface area contributed by atoms with Gasteiger partial charge in [0.15, 0.2) is 5.75 Å². The summed E-state index contributed by atoms with van der Waals surface area (Å²) in [5.74, 6) is -0.726. The summed E-state index contributed by atoms with van der Waals surface area (Å²) in [5.41, 5.74) is 0.101. The van der Waals surface area contributed by atoms with Crippen LogP contribution in [0.4, 0.5) is 15.3 Å². The van der Waals surface area contributed by atoms with Crippen LogP contribution in [-0.2, 0) is 14.2 Å². The fourth-order valence-electron chi connectivity index (χ4n) is 3.34. The van der Waals surface area contributed by atoms with Crippen LogP contribution in [0.3, 0.4) is 0 Å². The van der Waals surface area contributed by atoms with Gasteiger partial charge < -0.3 is 18.9 Å². The number of rotatable bonds is 18. The summed E-state index contributed by atoms with van der Waals surface area (Å²) < 4.78 is 21.0. The molecule has 8 nitrogen and oxygen atoms in total. The molecule has 1 aromatic carbocycles. The monoisotopic (exact) mass is 493 g/mol. The van der Waals surface area contributed by atoms with E-state index in [4.69, 9.17) is 18.9 Å². The normalized spacial score (nSPS) is 10.5. The standard InChI is InChI=1S/C27H43NO7/c1-4-7-10-11-12-15-19-32-25(29)24-22(28-26(30)33-20-13-8-5-2)17-16-18-23(24)35-27(31)34-21-14-9-6-3/h16-18H,4-15,19-21H2,1-3H3,(H,28,30). The predicted molar refractivity (Wildman–Crippen MR) is 136 cm³/mol. The van der Waals surface area contributed by atoms with Gasteiger partial charge in [-0.1, -0.05) is 84.6 Å². The lowest BCUT2D eigenvalue weighted by atomic mass is 10.1. The number of esters is 1. The fourth-order valence-corrected chi connectivity index (χ4v) is 3.34. The topological polar surface area (TPSA) is 100 Å². The van der Waals surface area contributed by atoms with E-state index < -0.39 is 18.2 Å². The molecule has 198 valence electrons. The van der Waals surface area contributed by atoms with Gasteiger partial charge in [0.25, 0.3) is 0 Å². The number of carbonyl (C=O) groups is 3. The highest BCUT2D eigenvalue weighted by Crippen LogP contribution is 2.28. The van der Waals surface area contributed by atoms with Crippen molar-refractivity contribution in [1.29, 1.82) is 0 Å². The number of benzene rings is 1. The van der Waals surface area contributed by atoms with E-state index in [1.54, 1.807) is 6.07 Å². The number of hydrogen-bond acceptors (Lipinski definition) is 7. The smallest absolute Gasteiger partial charge is 0.462 e. The van der Waals surface area contributed by atoms with E-state index in [9.17, 15) is 14.4 Å². The van der Waals surface area contributed by atoms with Crippen molar-refractivity contribution in [2.45, 2.75) is 97.8 Å². The first kappa shape index (κ1) is 30.3. The van der Waals surface area contributed by atoms with Crippen molar-refractivity contribution in [2.75, 3.05) is 25.1 Å². The largest absolute Gasteiger partial charge is 0.513 e. The average Bonchev–Trinajstić information content (AvgIpc) is 2.84. The molecule has 8 heteroatoms. The molecule has 0 aliphatic carbocycles. The molecule has 0 unspecified atom stereocenters. The van der Waals surface area contributed by atoms with Gasteiger partial charge in [-0.25, -0.2) is 14.4 Å². The Morgan fingerprint density at radius 2 is 1.23 bits per heavy atom. The van der Waals surface area contributed by atoms with Crippen LogP contribution >= 0.6 is 0 Å². The highest BCUT2D eigenvalue weighted by atomic mass is 16.7. The quantitative estimate of drug-likeness (QED) is 0.0970. The molecule has 0 aliphatic heterocycles. The summed E-state index contributed by atoms with van der Waals surface area (Å²) in [5, 5.41) is 2.57.